The number of hydrogen-bond donors (Lipinski definition) is 3. The van der Waals surface area contributed by atoms with Gasteiger partial charge in [-0.15, -0.1) is 0 Å². The maximum absolute atomic E-state index is 12.9. The van der Waals surface area contributed by atoms with Crippen molar-refractivity contribution >= 4 is 11.9 Å². The summed E-state index contributed by atoms with van der Waals surface area (Å²) in [5.41, 5.74) is -0.190. The zero-order chi connectivity index (χ0) is 22.6. The van der Waals surface area contributed by atoms with Gasteiger partial charge in [0.05, 0.1) is 30.3 Å². The van der Waals surface area contributed by atoms with E-state index in [1.165, 1.54) is 6.20 Å². The Morgan fingerprint density at radius 2 is 1.40 bits per heavy atom. The molecule has 3 N–H and O–H groups in total. The Morgan fingerprint density at radius 1 is 0.933 bits per heavy atom. The molecule has 164 valence electrons. The van der Waals surface area contributed by atoms with Crippen molar-refractivity contribution in [1.82, 2.24) is 15.3 Å². The molecule has 2 rings (SSSR count). The summed E-state index contributed by atoms with van der Waals surface area (Å²) in [6.45, 7) is 11.3. The quantitative estimate of drug-likeness (QED) is 0.573. The molecule has 0 radical (unpaired) electrons. The van der Waals surface area contributed by atoms with Crippen LogP contribution in [0.4, 0.5) is 0 Å². The minimum atomic E-state index is -1.05. The Bertz CT molecular complexity index is 950. The fraction of sp³-hybridized carbons (Fsp3) is 0.524. The lowest BCUT2D eigenvalue weighted by Crippen LogP contribution is -2.36. The number of allylic oxidation sites excluding steroid dienone is 2. The third kappa shape index (κ3) is 5.28. The van der Waals surface area contributed by atoms with Crippen LogP contribution in [-0.4, -0.2) is 35.1 Å². The van der Waals surface area contributed by atoms with Gasteiger partial charge in [0.1, 0.15) is 0 Å². The highest BCUT2D eigenvalue weighted by molar-refractivity contribution is 5.99. The monoisotopic (exact) mass is 419 g/mol. The highest BCUT2D eigenvalue weighted by atomic mass is 16.5. The molecule has 0 aliphatic carbocycles. The predicted octanol–water partition coefficient (Wildman–Crippen LogP) is 1.70. The number of aromatic amines is 2. The van der Waals surface area contributed by atoms with E-state index in [0.717, 1.165) is 0 Å². The molecule has 1 aromatic rings. The molecule has 1 aromatic heterocycles. The van der Waals surface area contributed by atoms with Crippen LogP contribution in [-0.2, 0) is 19.1 Å². The molecule has 9 nitrogen and oxygen atoms in total. The molecule has 30 heavy (non-hydrogen) atoms. The summed E-state index contributed by atoms with van der Waals surface area (Å²) < 4.78 is 10.8. The van der Waals surface area contributed by atoms with Gasteiger partial charge in [0, 0.05) is 23.2 Å². The van der Waals surface area contributed by atoms with Gasteiger partial charge in [0.2, 0.25) is 0 Å². The van der Waals surface area contributed by atoms with Crippen LogP contribution in [0.2, 0.25) is 0 Å². The maximum atomic E-state index is 12.9. The van der Waals surface area contributed by atoms with Gasteiger partial charge in [-0.2, -0.15) is 0 Å². The van der Waals surface area contributed by atoms with E-state index in [-0.39, 0.29) is 41.8 Å². The molecule has 0 bridgehead atoms. The van der Waals surface area contributed by atoms with Crippen LogP contribution in [0.15, 0.2) is 38.3 Å². The van der Waals surface area contributed by atoms with Gasteiger partial charge in [-0.25, -0.2) is 14.4 Å². The topological polar surface area (TPSA) is 130 Å². The molecule has 1 aliphatic heterocycles. The Labute approximate surface area is 174 Å². The predicted molar refractivity (Wildman–Crippen MR) is 111 cm³/mol. The number of rotatable bonds is 7. The van der Waals surface area contributed by atoms with E-state index in [1.807, 2.05) is 27.7 Å². The molecule has 0 atom stereocenters. The van der Waals surface area contributed by atoms with Gasteiger partial charge in [-0.1, -0.05) is 27.7 Å². The second-order valence-corrected chi connectivity index (χ2v) is 8.15. The summed E-state index contributed by atoms with van der Waals surface area (Å²) in [5, 5.41) is 3.02. The Morgan fingerprint density at radius 3 is 1.80 bits per heavy atom. The molecular formula is C21H29N3O6. The van der Waals surface area contributed by atoms with Gasteiger partial charge < -0.3 is 19.8 Å². The van der Waals surface area contributed by atoms with Crippen LogP contribution in [0, 0.1) is 11.8 Å². The van der Waals surface area contributed by atoms with E-state index < -0.39 is 29.1 Å². The van der Waals surface area contributed by atoms with Crippen molar-refractivity contribution in [2.45, 2.75) is 47.5 Å². The van der Waals surface area contributed by atoms with E-state index >= 15 is 0 Å². The van der Waals surface area contributed by atoms with Crippen LogP contribution < -0.4 is 16.6 Å². The first kappa shape index (κ1) is 23.2. The third-order valence-electron chi connectivity index (χ3n) is 4.45. The van der Waals surface area contributed by atoms with Gasteiger partial charge >= 0.3 is 17.6 Å². The third-order valence-corrected chi connectivity index (χ3v) is 4.45. The van der Waals surface area contributed by atoms with Gasteiger partial charge in [0.25, 0.3) is 5.56 Å². The lowest BCUT2D eigenvalue weighted by molar-refractivity contribution is -0.141. The zero-order valence-electron chi connectivity index (χ0n) is 18.2. The van der Waals surface area contributed by atoms with E-state index in [1.54, 1.807) is 13.8 Å². The average Bonchev–Trinajstić information content (AvgIpc) is 2.63. The van der Waals surface area contributed by atoms with Crippen molar-refractivity contribution in [2.75, 3.05) is 13.2 Å². The fourth-order valence-electron chi connectivity index (χ4n) is 3.12. The number of nitrogens with one attached hydrogen (secondary N) is 3. The van der Waals surface area contributed by atoms with Crippen molar-refractivity contribution in [1.29, 1.82) is 0 Å². The van der Waals surface area contributed by atoms with E-state index in [2.05, 4.69) is 15.3 Å². The van der Waals surface area contributed by atoms with E-state index in [0.29, 0.717) is 11.4 Å². The number of dihydropyridines is 1. The summed E-state index contributed by atoms with van der Waals surface area (Å²) >= 11 is 0. The minimum absolute atomic E-state index is 0.0443. The molecule has 0 aromatic carbocycles. The smallest absolute Gasteiger partial charge is 0.336 e. The largest absolute Gasteiger partial charge is 0.462 e. The number of ether oxygens (including phenoxy) is 2. The van der Waals surface area contributed by atoms with Crippen molar-refractivity contribution in [2.24, 2.45) is 11.8 Å². The first-order valence-corrected chi connectivity index (χ1v) is 9.87. The van der Waals surface area contributed by atoms with Crippen molar-refractivity contribution in [3.8, 4) is 0 Å². The fourth-order valence-corrected chi connectivity index (χ4v) is 3.12. The summed E-state index contributed by atoms with van der Waals surface area (Å²) in [6, 6.07) is 0. The summed E-state index contributed by atoms with van der Waals surface area (Å²) in [4.78, 5) is 54.5. The average molecular weight is 419 g/mol. The molecule has 0 fully saturated rings. The van der Waals surface area contributed by atoms with Crippen LogP contribution >= 0.6 is 0 Å². The molecule has 0 unspecified atom stereocenters. The molecule has 2 heterocycles. The molecule has 0 spiro atoms. The molecule has 9 heteroatoms. The lowest BCUT2D eigenvalue weighted by Gasteiger charge is -2.30. The number of aromatic nitrogens is 2. The summed E-state index contributed by atoms with van der Waals surface area (Å²) in [7, 11) is 0. The Hall–Kier alpha value is -3.10. The van der Waals surface area contributed by atoms with Crippen molar-refractivity contribution < 1.29 is 19.1 Å². The van der Waals surface area contributed by atoms with Crippen molar-refractivity contribution in [3.05, 3.63) is 55.1 Å². The number of esters is 2. The van der Waals surface area contributed by atoms with Crippen LogP contribution in [0.25, 0.3) is 0 Å². The van der Waals surface area contributed by atoms with Gasteiger partial charge in [0.15, 0.2) is 0 Å². The van der Waals surface area contributed by atoms with Gasteiger partial charge in [-0.3, -0.25) is 9.78 Å². The number of H-pyrrole nitrogens is 2. The van der Waals surface area contributed by atoms with E-state index in [9.17, 15) is 19.2 Å². The number of hydrogen-bond acceptors (Lipinski definition) is 7. The zero-order valence-corrected chi connectivity index (χ0v) is 18.2. The second kappa shape index (κ2) is 9.60. The molecular weight excluding hydrogens is 390 g/mol. The molecule has 1 aliphatic rings. The van der Waals surface area contributed by atoms with Crippen LogP contribution in [0.5, 0.6) is 0 Å². The SMILES string of the molecule is CC1=C(C(=O)OCC(C)C)C(c2c[nH]c(=O)[nH]c2=O)C(C(=O)OCC(C)C)=C(C)N1. The first-order chi connectivity index (χ1) is 14.0. The number of carbonyl (C=O) groups is 2. The Balaban J connectivity index is 2.61. The molecule has 0 amide bonds. The number of carbonyl (C=O) groups excluding carboxylic acids is 2. The maximum Gasteiger partial charge on any atom is 0.336 e. The van der Waals surface area contributed by atoms with Crippen molar-refractivity contribution in [3.63, 3.8) is 0 Å². The normalized spacial score (nSPS) is 14.9. The van der Waals surface area contributed by atoms with Crippen LogP contribution in [0.1, 0.15) is 53.0 Å². The molecule has 0 saturated carbocycles. The highest BCUT2D eigenvalue weighted by Gasteiger charge is 2.39. The Kier molecular flexibility index (Phi) is 7.42. The minimum Gasteiger partial charge on any atom is -0.462 e. The summed E-state index contributed by atoms with van der Waals surface area (Å²) in [5.74, 6) is -2.13. The second-order valence-electron chi connectivity index (χ2n) is 8.15. The van der Waals surface area contributed by atoms with Gasteiger partial charge in [-0.05, 0) is 25.7 Å². The van der Waals surface area contributed by atoms with Crippen LogP contribution in [0.3, 0.4) is 0 Å². The van der Waals surface area contributed by atoms with E-state index in [4.69, 9.17) is 9.47 Å². The highest BCUT2D eigenvalue weighted by Crippen LogP contribution is 2.37. The lowest BCUT2D eigenvalue weighted by atomic mass is 9.81. The molecule has 0 saturated heterocycles. The first-order valence-electron chi connectivity index (χ1n) is 9.87. The summed E-state index contributed by atoms with van der Waals surface area (Å²) in [6.07, 6.45) is 1.21. The standard InChI is InChI=1S/C21H29N3O6/c1-10(2)8-29-19(26)15-12(5)23-13(6)16(20(27)30-9-11(3)4)17(15)14-7-22-21(28)24-18(14)25/h7,10-11,17,23H,8-9H2,1-6H3,(H2,22,24,25,28).